The summed E-state index contributed by atoms with van der Waals surface area (Å²) < 4.78 is 26.8. The first kappa shape index (κ1) is 14.8. The molecule has 0 N–H and O–H groups in total. The van der Waals surface area contributed by atoms with Crippen molar-refractivity contribution in [1.29, 1.82) is 0 Å². The normalized spacial score (nSPS) is 12.5. The zero-order valence-corrected chi connectivity index (χ0v) is 12.7. The Hall–Kier alpha value is -0.640. The first-order valence-corrected chi connectivity index (χ1v) is 7.11. The zero-order valence-electron chi connectivity index (χ0n) is 9.64. The van der Waals surface area contributed by atoms with Crippen molar-refractivity contribution in [2.45, 2.75) is 11.8 Å². The lowest BCUT2D eigenvalue weighted by Crippen LogP contribution is -1.98. The largest absolute Gasteiger partial charge is 0.204 e. The third-order valence-corrected chi connectivity index (χ3v) is 4.04. The van der Waals surface area contributed by atoms with E-state index >= 15 is 0 Å². The van der Waals surface area contributed by atoms with E-state index in [2.05, 4.69) is 15.9 Å². The molecule has 0 aromatic heterocycles. The van der Waals surface area contributed by atoms with Crippen molar-refractivity contribution in [2.24, 2.45) is 0 Å². The summed E-state index contributed by atoms with van der Waals surface area (Å²) in [6.45, 7) is 0. The van der Waals surface area contributed by atoms with E-state index in [0.29, 0.717) is 17.0 Å². The van der Waals surface area contributed by atoms with Gasteiger partial charge in [0.2, 0.25) is 0 Å². The van der Waals surface area contributed by atoms with Crippen LogP contribution in [0.15, 0.2) is 40.9 Å². The summed E-state index contributed by atoms with van der Waals surface area (Å²) in [6.07, 6.45) is 0.387. The molecule has 0 saturated carbocycles. The molecule has 0 aliphatic carbocycles. The Bertz CT molecular complexity index is 602. The molecule has 0 spiro atoms. The van der Waals surface area contributed by atoms with Crippen LogP contribution in [0.2, 0.25) is 5.02 Å². The number of benzene rings is 2. The second-order valence-electron chi connectivity index (χ2n) is 4.09. The van der Waals surface area contributed by atoms with Crippen molar-refractivity contribution < 1.29 is 8.78 Å². The molecular weight excluding hydrogens is 357 g/mol. The minimum Gasteiger partial charge on any atom is -0.204 e. The van der Waals surface area contributed by atoms with Gasteiger partial charge in [0.25, 0.3) is 0 Å². The molecule has 0 saturated heterocycles. The lowest BCUT2D eigenvalue weighted by molar-refractivity contribution is 0.507. The molecule has 19 heavy (non-hydrogen) atoms. The van der Waals surface area contributed by atoms with Gasteiger partial charge in [-0.15, -0.1) is 11.6 Å². The highest BCUT2D eigenvalue weighted by Gasteiger charge is 2.14. The van der Waals surface area contributed by atoms with Crippen LogP contribution < -0.4 is 0 Å². The summed E-state index contributed by atoms with van der Waals surface area (Å²) >= 11 is 15.6. The van der Waals surface area contributed by atoms with Crippen LogP contribution in [0.25, 0.3) is 0 Å². The molecule has 100 valence electrons. The average molecular weight is 366 g/mol. The Morgan fingerprint density at radius 1 is 1.05 bits per heavy atom. The fourth-order valence-electron chi connectivity index (χ4n) is 1.74. The van der Waals surface area contributed by atoms with E-state index in [9.17, 15) is 8.78 Å². The predicted octanol–water partition coefficient (Wildman–Crippen LogP) is 5.90. The molecule has 0 aliphatic heterocycles. The van der Waals surface area contributed by atoms with E-state index in [1.807, 2.05) is 0 Å². The first-order chi connectivity index (χ1) is 8.97. The topological polar surface area (TPSA) is 0 Å². The van der Waals surface area contributed by atoms with Crippen LogP contribution >= 0.6 is 39.1 Å². The summed E-state index contributed by atoms with van der Waals surface area (Å²) in [5.41, 5.74) is 1.45. The number of halogens is 5. The molecule has 2 rings (SSSR count). The van der Waals surface area contributed by atoms with Gasteiger partial charge in [-0.1, -0.05) is 33.6 Å². The molecule has 2 aromatic carbocycles. The Morgan fingerprint density at radius 3 is 2.47 bits per heavy atom. The van der Waals surface area contributed by atoms with Crippen LogP contribution in [-0.4, -0.2) is 0 Å². The first-order valence-electron chi connectivity index (χ1n) is 5.50. The van der Waals surface area contributed by atoms with E-state index in [-0.39, 0.29) is 5.38 Å². The molecule has 0 heterocycles. The van der Waals surface area contributed by atoms with Crippen molar-refractivity contribution in [1.82, 2.24) is 0 Å². The van der Waals surface area contributed by atoms with Crippen LogP contribution in [0.5, 0.6) is 0 Å². The summed E-state index contributed by atoms with van der Waals surface area (Å²) in [5.74, 6) is -1.73. The van der Waals surface area contributed by atoms with Gasteiger partial charge in [-0.3, -0.25) is 0 Å². The molecule has 0 nitrogen and oxygen atoms in total. The molecular formula is C14H9BrCl2F2. The Balaban J connectivity index is 2.22. The fraction of sp³-hybridized carbons (Fsp3) is 0.143. The predicted molar refractivity (Wildman–Crippen MR) is 77.8 cm³/mol. The number of rotatable bonds is 3. The van der Waals surface area contributed by atoms with E-state index < -0.39 is 11.6 Å². The monoisotopic (exact) mass is 364 g/mol. The molecule has 0 fully saturated rings. The quantitative estimate of drug-likeness (QED) is 0.593. The van der Waals surface area contributed by atoms with Gasteiger partial charge in [-0.05, 0) is 47.9 Å². The van der Waals surface area contributed by atoms with Gasteiger partial charge in [0.05, 0.1) is 5.38 Å². The van der Waals surface area contributed by atoms with Crippen molar-refractivity contribution in [2.75, 3.05) is 0 Å². The summed E-state index contributed by atoms with van der Waals surface area (Å²) in [7, 11) is 0. The van der Waals surface area contributed by atoms with Gasteiger partial charge in [-0.25, -0.2) is 8.78 Å². The molecule has 5 heteroatoms. The Labute approximate surface area is 128 Å². The smallest absolute Gasteiger partial charge is 0.159 e. The highest BCUT2D eigenvalue weighted by Crippen LogP contribution is 2.33. The van der Waals surface area contributed by atoms with Gasteiger partial charge < -0.3 is 0 Å². The van der Waals surface area contributed by atoms with Gasteiger partial charge in [0.15, 0.2) is 11.6 Å². The lowest BCUT2D eigenvalue weighted by atomic mass is 10.0. The second kappa shape index (κ2) is 6.21. The molecule has 1 atom stereocenters. The third kappa shape index (κ3) is 3.68. The van der Waals surface area contributed by atoms with E-state index in [0.717, 1.165) is 22.2 Å². The van der Waals surface area contributed by atoms with Crippen molar-refractivity contribution >= 4 is 39.1 Å². The summed E-state index contributed by atoms with van der Waals surface area (Å²) in [4.78, 5) is 0. The Kier molecular flexibility index (Phi) is 4.82. The van der Waals surface area contributed by atoms with E-state index in [4.69, 9.17) is 23.2 Å². The van der Waals surface area contributed by atoms with Gasteiger partial charge in [-0.2, -0.15) is 0 Å². The molecule has 2 aromatic rings. The maximum absolute atomic E-state index is 13.1. The minimum absolute atomic E-state index is 0.377. The van der Waals surface area contributed by atoms with E-state index in [1.54, 1.807) is 18.2 Å². The summed E-state index contributed by atoms with van der Waals surface area (Å²) in [6, 6.07) is 9.08. The van der Waals surface area contributed by atoms with Crippen LogP contribution in [0.4, 0.5) is 8.78 Å². The maximum Gasteiger partial charge on any atom is 0.159 e. The molecule has 0 bridgehead atoms. The highest BCUT2D eigenvalue weighted by molar-refractivity contribution is 9.10. The van der Waals surface area contributed by atoms with Crippen molar-refractivity contribution in [3.05, 3.63) is 68.7 Å². The SMILES string of the molecule is Fc1ccc(CC(Cl)c2cc(Cl)ccc2Br)cc1F. The molecule has 0 radical (unpaired) electrons. The standard InChI is InChI=1S/C14H9BrCl2F2/c15-11-3-2-9(16)7-10(11)12(17)5-8-1-4-13(18)14(19)6-8/h1-4,6-7,12H,5H2. The zero-order chi connectivity index (χ0) is 14.0. The van der Waals surface area contributed by atoms with Crippen LogP contribution in [0.1, 0.15) is 16.5 Å². The fourth-order valence-corrected chi connectivity index (χ4v) is 2.93. The molecule has 0 amide bonds. The average Bonchev–Trinajstić information content (AvgIpc) is 2.36. The minimum atomic E-state index is -0.869. The molecule has 1 unspecified atom stereocenters. The maximum atomic E-state index is 13.1. The third-order valence-electron chi connectivity index (χ3n) is 2.69. The van der Waals surface area contributed by atoms with Crippen molar-refractivity contribution in [3.8, 4) is 0 Å². The van der Waals surface area contributed by atoms with Crippen LogP contribution in [0.3, 0.4) is 0 Å². The van der Waals surface area contributed by atoms with Gasteiger partial charge >= 0.3 is 0 Å². The number of hydrogen-bond donors (Lipinski definition) is 0. The molecule has 0 aliphatic rings. The summed E-state index contributed by atoms with van der Waals surface area (Å²) in [5, 5.41) is 0.201. The van der Waals surface area contributed by atoms with Crippen molar-refractivity contribution in [3.63, 3.8) is 0 Å². The van der Waals surface area contributed by atoms with Crippen LogP contribution in [-0.2, 0) is 6.42 Å². The number of hydrogen-bond acceptors (Lipinski definition) is 0. The van der Waals surface area contributed by atoms with Crippen LogP contribution in [0, 0.1) is 11.6 Å². The lowest BCUT2D eigenvalue weighted by Gasteiger charge is -2.12. The highest BCUT2D eigenvalue weighted by atomic mass is 79.9. The Morgan fingerprint density at radius 2 is 1.79 bits per heavy atom. The van der Waals surface area contributed by atoms with Gasteiger partial charge in [0.1, 0.15) is 0 Å². The van der Waals surface area contributed by atoms with E-state index in [1.165, 1.54) is 6.07 Å². The number of alkyl halides is 1. The second-order valence-corrected chi connectivity index (χ2v) is 5.90. The van der Waals surface area contributed by atoms with Gasteiger partial charge in [0, 0.05) is 9.50 Å².